The van der Waals surface area contributed by atoms with Crippen LogP contribution in [0.4, 0.5) is 13.6 Å². The lowest BCUT2D eigenvalue weighted by molar-refractivity contribution is -0.128. The Morgan fingerprint density at radius 2 is 1.85 bits per heavy atom. The third-order valence-electron chi connectivity index (χ3n) is 6.96. The van der Waals surface area contributed by atoms with Gasteiger partial charge < -0.3 is 24.8 Å². The number of rotatable bonds is 6. The Bertz CT molecular complexity index is 1450. The van der Waals surface area contributed by atoms with Crippen molar-refractivity contribution in [1.29, 1.82) is 0 Å². The van der Waals surface area contributed by atoms with Crippen LogP contribution in [0, 0.1) is 17.6 Å². The van der Waals surface area contributed by atoms with Gasteiger partial charge in [-0.05, 0) is 58.2 Å². The molecule has 3 heterocycles. The van der Waals surface area contributed by atoms with Crippen molar-refractivity contribution in [2.45, 2.75) is 57.2 Å². The molecule has 1 saturated carbocycles. The number of nitrogens with zero attached hydrogens (tertiary/aromatic N) is 4. The molecule has 0 unspecified atom stereocenters. The average Bonchev–Trinajstić information content (AvgIpc) is 3.53. The predicted molar refractivity (Wildman–Crippen MR) is 140 cm³/mol. The zero-order valence-corrected chi connectivity index (χ0v) is 22.8. The number of ether oxygens (including phenoxy) is 1. The molecule has 216 valence electrons. The lowest BCUT2D eigenvalue weighted by Gasteiger charge is -2.39. The van der Waals surface area contributed by atoms with Gasteiger partial charge in [0.25, 0.3) is 5.91 Å². The van der Waals surface area contributed by atoms with Crippen LogP contribution in [0.2, 0.25) is 0 Å². The monoisotopic (exact) mass is 568 g/mol. The second-order valence-corrected chi connectivity index (χ2v) is 11.2. The summed E-state index contributed by atoms with van der Waals surface area (Å²) in [6.45, 7) is 5.50. The maximum atomic E-state index is 14.2. The summed E-state index contributed by atoms with van der Waals surface area (Å²) < 4.78 is 38.1. The lowest BCUT2D eigenvalue weighted by atomic mass is 9.90. The van der Waals surface area contributed by atoms with Crippen molar-refractivity contribution in [3.8, 4) is 11.3 Å². The summed E-state index contributed by atoms with van der Waals surface area (Å²) in [5.74, 6) is -3.03. The molecule has 0 spiro atoms. The van der Waals surface area contributed by atoms with Crippen LogP contribution in [0.1, 0.15) is 56.3 Å². The topological polar surface area (TPSA) is 140 Å². The number of carbonyl (C=O) groups is 3. The van der Waals surface area contributed by atoms with E-state index in [9.17, 15) is 23.2 Å². The van der Waals surface area contributed by atoms with Gasteiger partial charge in [0.05, 0.1) is 17.0 Å². The first-order chi connectivity index (χ1) is 19.4. The summed E-state index contributed by atoms with van der Waals surface area (Å²) in [7, 11) is 0. The maximum absolute atomic E-state index is 14.2. The van der Waals surface area contributed by atoms with Gasteiger partial charge in [0.15, 0.2) is 17.3 Å². The zero-order chi connectivity index (χ0) is 29.4. The average molecular weight is 569 g/mol. The van der Waals surface area contributed by atoms with Crippen LogP contribution in [0.15, 0.2) is 47.2 Å². The summed E-state index contributed by atoms with van der Waals surface area (Å²) in [4.78, 5) is 49.7. The molecule has 1 saturated heterocycles. The quantitative estimate of drug-likeness (QED) is 0.460. The Labute approximate surface area is 234 Å². The van der Waals surface area contributed by atoms with E-state index in [2.05, 4.69) is 25.8 Å². The number of benzene rings is 1. The van der Waals surface area contributed by atoms with Gasteiger partial charge in [-0.2, -0.15) is 0 Å². The molecule has 41 heavy (non-hydrogen) atoms. The predicted octanol–water partition coefficient (Wildman–Crippen LogP) is 3.57. The van der Waals surface area contributed by atoms with Gasteiger partial charge in [0, 0.05) is 43.7 Å². The standard InChI is InChI=1S/C28H30F2N6O5/c1-27(2,3)40-26(39)36-12-7-20(18(15-36)23(37)34-28(8-9-28)25-31-10-4-11-32-25)33-24(38)21-14-22(41-35-21)17-6-5-16(29)13-19(17)30/h4-6,10-11,13-14,18,20H,7-9,12,15H2,1-3H3,(H,33,38)(H,34,37)/t18-,20-/m0/s1. The minimum Gasteiger partial charge on any atom is -0.444 e. The highest BCUT2D eigenvalue weighted by atomic mass is 19.1. The molecule has 1 aliphatic carbocycles. The van der Waals surface area contributed by atoms with Gasteiger partial charge in [-0.3, -0.25) is 9.59 Å². The van der Waals surface area contributed by atoms with Crippen LogP contribution >= 0.6 is 0 Å². The molecule has 13 heteroatoms. The van der Waals surface area contributed by atoms with Crippen molar-refractivity contribution in [1.82, 2.24) is 30.7 Å². The number of piperidine rings is 1. The summed E-state index contributed by atoms with van der Waals surface area (Å²) >= 11 is 0. The first-order valence-electron chi connectivity index (χ1n) is 13.2. The van der Waals surface area contributed by atoms with Gasteiger partial charge in [-0.25, -0.2) is 23.5 Å². The van der Waals surface area contributed by atoms with Gasteiger partial charge >= 0.3 is 6.09 Å². The van der Waals surface area contributed by atoms with Crippen LogP contribution in [-0.4, -0.2) is 62.7 Å². The first kappa shape index (κ1) is 28.1. The Hall–Kier alpha value is -4.42. The summed E-state index contributed by atoms with van der Waals surface area (Å²) in [6.07, 6.45) is 4.22. The molecule has 5 rings (SSSR count). The molecule has 0 radical (unpaired) electrons. The molecule has 2 atom stereocenters. The third-order valence-corrected chi connectivity index (χ3v) is 6.96. The molecule has 2 fully saturated rings. The molecule has 3 amide bonds. The van der Waals surface area contributed by atoms with Gasteiger partial charge in [0.2, 0.25) is 5.91 Å². The molecule has 2 aliphatic rings. The van der Waals surface area contributed by atoms with E-state index in [1.165, 1.54) is 17.0 Å². The molecule has 0 bridgehead atoms. The number of halogens is 2. The van der Waals surface area contributed by atoms with Gasteiger partial charge in [-0.15, -0.1) is 0 Å². The molecular weight excluding hydrogens is 538 g/mol. The highest BCUT2D eigenvalue weighted by Gasteiger charge is 2.50. The summed E-state index contributed by atoms with van der Waals surface area (Å²) in [5.41, 5.74) is -1.63. The number of aromatic nitrogens is 3. The third kappa shape index (κ3) is 6.34. The Morgan fingerprint density at radius 1 is 1.12 bits per heavy atom. The molecule has 1 aliphatic heterocycles. The molecular formula is C28H30F2N6O5. The first-order valence-corrected chi connectivity index (χ1v) is 13.2. The van der Waals surface area contributed by atoms with E-state index < -0.39 is 46.7 Å². The van der Waals surface area contributed by atoms with Gasteiger partial charge in [-0.1, -0.05) is 5.16 Å². The van der Waals surface area contributed by atoms with Crippen molar-refractivity contribution in [3.05, 3.63) is 65.9 Å². The minimum atomic E-state index is -0.865. The number of carbonyl (C=O) groups excluding carboxylic acids is 3. The van der Waals surface area contributed by atoms with E-state index >= 15 is 0 Å². The number of amides is 3. The van der Waals surface area contributed by atoms with Crippen molar-refractivity contribution in [2.75, 3.05) is 13.1 Å². The van der Waals surface area contributed by atoms with Crippen LogP contribution in [0.5, 0.6) is 0 Å². The van der Waals surface area contributed by atoms with E-state index in [1.807, 2.05) is 0 Å². The van der Waals surface area contributed by atoms with Crippen LogP contribution in [0.25, 0.3) is 11.3 Å². The molecule has 3 aromatic rings. The highest BCUT2D eigenvalue weighted by molar-refractivity contribution is 5.94. The number of likely N-dealkylation sites (tertiary alicyclic amines) is 1. The second kappa shape index (κ2) is 10.9. The van der Waals surface area contributed by atoms with E-state index in [-0.39, 0.29) is 42.4 Å². The van der Waals surface area contributed by atoms with E-state index in [1.54, 1.807) is 39.2 Å². The molecule has 11 nitrogen and oxygen atoms in total. The summed E-state index contributed by atoms with van der Waals surface area (Å²) in [5, 5.41) is 9.60. The smallest absolute Gasteiger partial charge is 0.410 e. The lowest BCUT2D eigenvalue weighted by Crippen LogP contribution is -2.58. The van der Waals surface area contributed by atoms with E-state index in [0.29, 0.717) is 24.7 Å². The molecule has 1 aromatic carbocycles. The van der Waals surface area contributed by atoms with Crippen LogP contribution < -0.4 is 10.6 Å². The fourth-order valence-corrected chi connectivity index (χ4v) is 4.73. The van der Waals surface area contributed by atoms with Crippen LogP contribution in [0.3, 0.4) is 0 Å². The van der Waals surface area contributed by atoms with Crippen molar-refractivity contribution in [2.24, 2.45) is 5.92 Å². The van der Waals surface area contributed by atoms with Crippen molar-refractivity contribution in [3.63, 3.8) is 0 Å². The Kier molecular flexibility index (Phi) is 7.45. The second-order valence-electron chi connectivity index (χ2n) is 11.2. The van der Waals surface area contributed by atoms with Crippen LogP contribution in [-0.2, 0) is 15.1 Å². The zero-order valence-electron chi connectivity index (χ0n) is 22.8. The number of hydrogen-bond acceptors (Lipinski definition) is 8. The van der Waals surface area contributed by atoms with E-state index in [4.69, 9.17) is 9.26 Å². The highest BCUT2D eigenvalue weighted by Crippen LogP contribution is 2.44. The normalized spacial score (nSPS) is 19.8. The van der Waals surface area contributed by atoms with Crippen molar-refractivity contribution < 1.29 is 32.4 Å². The Morgan fingerprint density at radius 3 is 2.51 bits per heavy atom. The number of hydrogen-bond donors (Lipinski definition) is 2. The van der Waals surface area contributed by atoms with E-state index in [0.717, 1.165) is 6.07 Å². The molecule has 2 N–H and O–H groups in total. The number of nitrogens with one attached hydrogen (secondary N) is 2. The SMILES string of the molecule is CC(C)(C)OC(=O)N1CC[C@H](NC(=O)c2cc(-c3ccc(F)cc3F)on2)[C@@H](C(=O)NC2(c3ncccn3)CC2)C1. The fourth-order valence-electron chi connectivity index (χ4n) is 4.73. The largest absolute Gasteiger partial charge is 0.444 e. The summed E-state index contributed by atoms with van der Waals surface area (Å²) in [6, 6.07) is 5.21. The molecule has 2 aromatic heterocycles. The fraction of sp³-hybridized carbons (Fsp3) is 0.429. The Balaban J connectivity index is 1.34. The van der Waals surface area contributed by atoms with Gasteiger partial charge in [0.1, 0.15) is 17.2 Å². The maximum Gasteiger partial charge on any atom is 0.410 e. The minimum absolute atomic E-state index is 0.00226. The van der Waals surface area contributed by atoms with Crippen molar-refractivity contribution >= 4 is 17.9 Å².